The molecule has 5 rings (SSSR count). The summed E-state index contributed by atoms with van der Waals surface area (Å²) in [5.74, 6) is 1.25. The highest BCUT2D eigenvalue weighted by atomic mass is 16.3. The molecule has 0 unspecified atom stereocenters. The summed E-state index contributed by atoms with van der Waals surface area (Å²) in [6, 6.07) is 17.3. The molecule has 0 aliphatic rings. The van der Waals surface area contributed by atoms with Crippen LogP contribution in [-0.2, 0) is 6.54 Å². The molecule has 7 heteroatoms. The van der Waals surface area contributed by atoms with Crippen molar-refractivity contribution < 1.29 is 9.21 Å². The van der Waals surface area contributed by atoms with E-state index >= 15 is 0 Å². The smallest absolute Gasteiger partial charge is 0.270 e. The number of hydrogen-bond donors (Lipinski definition) is 1. The number of nitrogens with zero attached hydrogens (tertiary/aromatic N) is 4. The van der Waals surface area contributed by atoms with Crippen molar-refractivity contribution in [1.29, 1.82) is 0 Å². The highest BCUT2D eigenvalue weighted by molar-refractivity contribution is 5.93. The molecule has 0 aliphatic carbocycles. The van der Waals surface area contributed by atoms with Crippen molar-refractivity contribution in [2.45, 2.75) is 6.54 Å². The second kappa shape index (κ2) is 7.12. The summed E-state index contributed by atoms with van der Waals surface area (Å²) in [5, 5.41) is 7.24. The summed E-state index contributed by atoms with van der Waals surface area (Å²) >= 11 is 0. The van der Waals surface area contributed by atoms with Gasteiger partial charge >= 0.3 is 0 Å². The van der Waals surface area contributed by atoms with Gasteiger partial charge in [-0.15, -0.1) is 0 Å². The van der Waals surface area contributed by atoms with Crippen LogP contribution in [-0.4, -0.2) is 25.1 Å². The lowest BCUT2D eigenvalue weighted by Crippen LogP contribution is -2.25. The molecule has 0 radical (unpaired) electrons. The van der Waals surface area contributed by atoms with Crippen molar-refractivity contribution in [2.24, 2.45) is 0 Å². The van der Waals surface area contributed by atoms with Crippen LogP contribution in [0.4, 0.5) is 0 Å². The molecule has 0 saturated carbocycles. The molecule has 1 N–H and O–H groups in total. The molecule has 5 heterocycles. The second-order valence-electron chi connectivity index (χ2n) is 6.53. The molecule has 0 aliphatic heterocycles. The molecule has 29 heavy (non-hydrogen) atoms. The zero-order chi connectivity index (χ0) is 19.6. The zero-order valence-corrected chi connectivity index (χ0v) is 15.4. The third-order valence-corrected chi connectivity index (χ3v) is 4.74. The Morgan fingerprint density at radius 2 is 1.83 bits per heavy atom. The molecular weight excluding hydrogens is 366 g/mol. The summed E-state index contributed by atoms with van der Waals surface area (Å²) in [4.78, 5) is 16.8. The van der Waals surface area contributed by atoms with Crippen molar-refractivity contribution in [2.75, 3.05) is 0 Å². The summed E-state index contributed by atoms with van der Waals surface area (Å²) in [5.41, 5.74) is 3.58. The molecule has 7 nitrogen and oxygen atoms in total. The number of carbonyl (C=O) groups is 1. The van der Waals surface area contributed by atoms with Gasteiger partial charge in [0, 0.05) is 24.1 Å². The number of amides is 1. The van der Waals surface area contributed by atoms with Crippen LogP contribution in [0.15, 0.2) is 90.1 Å². The summed E-state index contributed by atoms with van der Waals surface area (Å²) < 4.78 is 8.93. The Morgan fingerprint density at radius 3 is 2.66 bits per heavy atom. The number of hydrogen-bond acceptors (Lipinski definition) is 4. The minimum Gasteiger partial charge on any atom is -0.467 e. The Balaban J connectivity index is 1.50. The van der Waals surface area contributed by atoms with Gasteiger partial charge in [0.25, 0.3) is 5.91 Å². The van der Waals surface area contributed by atoms with E-state index in [0.717, 1.165) is 22.5 Å². The van der Waals surface area contributed by atoms with Gasteiger partial charge in [0.1, 0.15) is 17.3 Å². The maximum atomic E-state index is 12.7. The average molecular weight is 383 g/mol. The summed E-state index contributed by atoms with van der Waals surface area (Å²) in [7, 11) is 0. The first-order chi connectivity index (χ1) is 14.3. The molecule has 0 bridgehead atoms. The first kappa shape index (κ1) is 17.0. The number of rotatable bonds is 5. The fraction of sp³-hybridized carbons (Fsp3) is 0.0455. The van der Waals surface area contributed by atoms with E-state index in [-0.39, 0.29) is 5.91 Å². The zero-order valence-electron chi connectivity index (χ0n) is 15.4. The van der Waals surface area contributed by atoms with Gasteiger partial charge in [-0.1, -0.05) is 6.07 Å². The van der Waals surface area contributed by atoms with Crippen LogP contribution in [0.25, 0.3) is 22.5 Å². The van der Waals surface area contributed by atoms with E-state index in [9.17, 15) is 4.79 Å². The molecule has 5 aromatic rings. The first-order valence-electron chi connectivity index (χ1n) is 9.16. The number of furan rings is 1. The third-order valence-electron chi connectivity index (χ3n) is 4.74. The molecule has 0 spiro atoms. The Kier molecular flexibility index (Phi) is 4.18. The van der Waals surface area contributed by atoms with Crippen LogP contribution in [0.2, 0.25) is 0 Å². The van der Waals surface area contributed by atoms with Crippen molar-refractivity contribution in [3.8, 4) is 16.9 Å². The number of carbonyl (C=O) groups excluding carboxylic acids is 1. The van der Waals surface area contributed by atoms with Gasteiger partial charge in [0.05, 0.1) is 19.0 Å². The summed E-state index contributed by atoms with van der Waals surface area (Å²) in [6.45, 7) is 0.318. The monoisotopic (exact) mass is 383 g/mol. The van der Waals surface area contributed by atoms with Crippen molar-refractivity contribution >= 4 is 11.4 Å². The van der Waals surface area contributed by atoms with Crippen LogP contribution in [0.5, 0.6) is 0 Å². The highest BCUT2D eigenvalue weighted by Crippen LogP contribution is 2.23. The standard InChI is InChI=1S/C22H17N5O2/c28-22(24-14-19-2-1-13-29-19)20-9-12-25-27(20)21-6-5-18-4-3-17(15-26(18)21)16-7-10-23-11-8-16/h1-13,15H,14H2,(H,24,28). The van der Waals surface area contributed by atoms with E-state index in [0.29, 0.717) is 18.0 Å². The second-order valence-corrected chi connectivity index (χ2v) is 6.53. The SMILES string of the molecule is O=C(NCc1ccco1)c1ccnn1-c1ccc2ccc(-c3ccncc3)cn12. The van der Waals surface area contributed by atoms with Gasteiger partial charge in [-0.2, -0.15) is 5.10 Å². The van der Waals surface area contributed by atoms with Crippen molar-refractivity contribution in [1.82, 2.24) is 24.5 Å². The number of fused-ring (bicyclic) bond motifs is 1. The van der Waals surface area contributed by atoms with Crippen LogP contribution in [0, 0.1) is 0 Å². The van der Waals surface area contributed by atoms with E-state index in [1.165, 1.54) is 0 Å². The minimum absolute atomic E-state index is 0.223. The van der Waals surface area contributed by atoms with Gasteiger partial charge in [-0.05, 0) is 59.7 Å². The van der Waals surface area contributed by atoms with Crippen molar-refractivity contribution in [3.05, 3.63) is 97.1 Å². The van der Waals surface area contributed by atoms with Gasteiger partial charge in [0.2, 0.25) is 0 Å². The lowest BCUT2D eigenvalue weighted by molar-refractivity contribution is 0.0940. The van der Waals surface area contributed by atoms with E-state index in [4.69, 9.17) is 4.42 Å². The molecule has 0 fully saturated rings. The predicted molar refractivity (Wildman–Crippen MR) is 108 cm³/mol. The molecule has 1 amide bonds. The fourth-order valence-electron chi connectivity index (χ4n) is 3.30. The van der Waals surface area contributed by atoms with Gasteiger partial charge < -0.3 is 14.1 Å². The van der Waals surface area contributed by atoms with Crippen LogP contribution >= 0.6 is 0 Å². The molecule has 0 saturated heterocycles. The van der Waals surface area contributed by atoms with E-state index in [2.05, 4.69) is 21.5 Å². The van der Waals surface area contributed by atoms with Crippen LogP contribution in [0.3, 0.4) is 0 Å². The molecule has 142 valence electrons. The van der Waals surface area contributed by atoms with Crippen molar-refractivity contribution in [3.63, 3.8) is 0 Å². The van der Waals surface area contributed by atoms with Gasteiger partial charge in [0.15, 0.2) is 0 Å². The first-order valence-corrected chi connectivity index (χ1v) is 9.16. The van der Waals surface area contributed by atoms with E-state index in [1.54, 1.807) is 41.7 Å². The van der Waals surface area contributed by atoms with Crippen LogP contribution in [0.1, 0.15) is 16.2 Å². The summed E-state index contributed by atoms with van der Waals surface area (Å²) in [6.07, 6.45) is 8.77. The minimum atomic E-state index is -0.223. The van der Waals surface area contributed by atoms with E-state index < -0.39 is 0 Å². The van der Waals surface area contributed by atoms with E-state index in [1.807, 2.05) is 47.0 Å². The number of pyridine rings is 2. The van der Waals surface area contributed by atoms with Crippen LogP contribution < -0.4 is 5.32 Å². The number of aromatic nitrogens is 4. The molecule has 5 aromatic heterocycles. The topological polar surface area (TPSA) is 77.4 Å². The predicted octanol–water partition coefficient (Wildman–Crippen LogP) is 3.71. The fourth-order valence-corrected chi connectivity index (χ4v) is 3.30. The lowest BCUT2D eigenvalue weighted by Gasteiger charge is -2.10. The maximum absolute atomic E-state index is 12.7. The molecular formula is C22H17N5O2. The molecule has 0 aromatic carbocycles. The quantitative estimate of drug-likeness (QED) is 0.502. The third kappa shape index (κ3) is 3.19. The Hall–Kier alpha value is -4.13. The normalized spacial score (nSPS) is 11.0. The maximum Gasteiger partial charge on any atom is 0.270 e. The largest absolute Gasteiger partial charge is 0.467 e. The Labute approximate surface area is 166 Å². The number of nitrogens with one attached hydrogen (secondary N) is 1. The lowest BCUT2D eigenvalue weighted by atomic mass is 10.1. The molecule has 0 atom stereocenters. The average Bonchev–Trinajstić information content (AvgIpc) is 3.52. The Bertz CT molecular complexity index is 1270. The Morgan fingerprint density at radius 1 is 0.966 bits per heavy atom. The van der Waals surface area contributed by atoms with Gasteiger partial charge in [-0.25, -0.2) is 4.68 Å². The highest BCUT2D eigenvalue weighted by Gasteiger charge is 2.16. The van der Waals surface area contributed by atoms with Gasteiger partial charge in [-0.3, -0.25) is 9.78 Å².